The molecule has 1 aromatic heterocycles. The van der Waals surface area contributed by atoms with Crippen molar-refractivity contribution < 1.29 is 4.79 Å². The van der Waals surface area contributed by atoms with E-state index in [1.165, 1.54) is 0 Å². The van der Waals surface area contributed by atoms with Crippen LogP contribution in [0.1, 0.15) is 27.0 Å². The van der Waals surface area contributed by atoms with Crippen molar-refractivity contribution >= 4 is 33.3 Å². The molecule has 26 heavy (non-hydrogen) atoms. The Bertz CT molecular complexity index is 1080. The summed E-state index contributed by atoms with van der Waals surface area (Å²) in [6, 6.07) is 19.5. The topological polar surface area (TPSA) is 56.0 Å². The first-order valence-electron chi connectivity index (χ1n) is 8.71. The maximum absolute atomic E-state index is 13.4. The molecule has 3 nitrogen and oxygen atoms in total. The van der Waals surface area contributed by atoms with Gasteiger partial charge in [0, 0.05) is 28.4 Å². The number of ketones is 1. The number of Topliss-reactive ketones (excluding diaryl/α,β-unsaturated/α-hetero) is 1. The molecule has 128 valence electrons. The summed E-state index contributed by atoms with van der Waals surface area (Å²) in [5.74, 6) is 0.107. The molecule has 0 amide bonds. The van der Waals surface area contributed by atoms with Crippen molar-refractivity contribution in [3.8, 4) is 0 Å². The molecule has 4 rings (SSSR count). The highest BCUT2D eigenvalue weighted by molar-refractivity contribution is 6.17. The molecule has 0 bridgehead atoms. The monoisotopic (exact) mass is 340 g/mol. The van der Waals surface area contributed by atoms with Crippen LogP contribution in [0.15, 0.2) is 60.7 Å². The summed E-state index contributed by atoms with van der Waals surface area (Å²) in [7, 11) is 0. The highest BCUT2D eigenvalue weighted by Gasteiger charge is 2.18. The molecule has 0 saturated heterocycles. The normalized spacial score (nSPS) is 11.2. The molecule has 0 unspecified atom stereocenters. The maximum atomic E-state index is 13.4. The molecular formula is C23H20N2O. The van der Waals surface area contributed by atoms with Gasteiger partial charge in [-0.25, -0.2) is 4.98 Å². The van der Waals surface area contributed by atoms with E-state index < -0.39 is 0 Å². The fourth-order valence-electron chi connectivity index (χ4n) is 3.70. The molecule has 0 atom stereocenters. The second-order valence-corrected chi connectivity index (χ2v) is 6.75. The van der Waals surface area contributed by atoms with E-state index in [4.69, 9.17) is 10.7 Å². The van der Waals surface area contributed by atoms with Gasteiger partial charge in [0.05, 0.1) is 11.0 Å². The van der Waals surface area contributed by atoms with Gasteiger partial charge in [0.2, 0.25) is 0 Å². The van der Waals surface area contributed by atoms with Crippen LogP contribution in [0.2, 0.25) is 0 Å². The Balaban J connectivity index is 1.91. The molecule has 0 aliphatic rings. The third-order valence-corrected chi connectivity index (χ3v) is 4.92. The van der Waals surface area contributed by atoms with Crippen LogP contribution in [0.5, 0.6) is 0 Å². The number of pyridine rings is 1. The second-order valence-electron chi connectivity index (χ2n) is 6.75. The number of rotatable bonds is 3. The van der Waals surface area contributed by atoms with Crippen molar-refractivity contribution in [1.82, 2.24) is 4.98 Å². The van der Waals surface area contributed by atoms with E-state index in [0.717, 1.165) is 49.7 Å². The number of para-hydroxylation sites is 2. The number of hydrogen-bond donors (Lipinski definition) is 1. The van der Waals surface area contributed by atoms with Gasteiger partial charge < -0.3 is 5.73 Å². The molecule has 2 N–H and O–H groups in total. The van der Waals surface area contributed by atoms with E-state index in [9.17, 15) is 4.79 Å². The SMILES string of the molecule is Cc1cc(N)cc(C)c1CC(=O)c1c2ccccc2nc2ccccc12. The number of nitrogens with zero attached hydrogens (tertiary/aromatic N) is 1. The number of carbonyl (C=O) groups is 1. The highest BCUT2D eigenvalue weighted by Crippen LogP contribution is 2.28. The number of fused-ring (bicyclic) bond motifs is 2. The summed E-state index contributed by atoms with van der Waals surface area (Å²) in [6.07, 6.45) is 0.357. The van der Waals surface area contributed by atoms with Gasteiger partial charge in [0.25, 0.3) is 0 Å². The summed E-state index contributed by atoms with van der Waals surface area (Å²) in [4.78, 5) is 18.1. The van der Waals surface area contributed by atoms with Crippen molar-refractivity contribution in [2.24, 2.45) is 0 Å². The van der Waals surface area contributed by atoms with Crippen molar-refractivity contribution in [1.29, 1.82) is 0 Å². The van der Waals surface area contributed by atoms with E-state index in [2.05, 4.69) is 0 Å². The Morgan fingerprint density at radius 2 is 1.38 bits per heavy atom. The minimum atomic E-state index is 0.107. The van der Waals surface area contributed by atoms with Gasteiger partial charge >= 0.3 is 0 Å². The minimum Gasteiger partial charge on any atom is -0.399 e. The average molecular weight is 340 g/mol. The van der Waals surface area contributed by atoms with Crippen LogP contribution in [0, 0.1) is 13.8 Å². The van der Waals surface area contributed by atoms with Crippen LogP contribution in [0.4, 0.5) is 5.69 Å². The summed E-state index contributed by atoms with van der Waals surface area (Å²) in [5.41, 5.74) is 12.3. The number of nitrogens with two attached hydrogens (primary N) is 1. The third-order valence-electron chi connectivity index (χ3n) is 4.92. The van der Waals surface area contributed by atoms with Crippen LogP contribution in [-0.4, -0.2) is 10.8 Å². The van der Waals surface area contributed by atoms with E-state index in [1.54, 1.807) is 0 Å². The van der Waals surface area contributed by atoms with Gasteiger partial charge in [-0.05, 0) is 54.8 Å². The van der Waals surface area contributed by atoms with Gasteiger partial charge in [-0.1, -0.05) is 36.4 Å². The molecule has 1 heterocycles. The van der Waals surface area contributed by atoms with E-state index in [1.807, 2.05) is 74.5 Å². The maximum Gasteiger partial charge on any atom is 0.168 e. The van der Waals surface area contributed by atoms with Gasteiger partial charge in [0.15, 0.2) is 5.78 Å². The fraction of sp³-hybridized carbons (Fsp3) is 0.130. The lowest BCUT2D eigenvalue weighted by Crippen LogP contribution is -2.09. The largest absolute Gasteiger partial charge is 0.399 e. The smallest absolute Gasteiger partial charge is 0.168 e. The van der Waals surface area contributed by atoms with E-state index >= 15 is 0 Å². The predicted molar refractivity (Wildman–Crippen MR) is 108 cm³/mol. The van der Waals surface area contributed by atoms with Crippen LogP contribution in [-0.2, 0) is 6.42 Å². The number of hydrogen-bond acceptors (Lipinski definition) is 3. The predicted octanol–water partition coefficient (Wildman–Crippen LogP) is 5.01. The van der Waals surface area contributed by atoms with E-state index in [-0.39, 0.29) is 5.78 Å². The number of anilines is 1. The van der Waals surface area contributed by atoms with Crippen molar-refractivity contribution in [2.75, 3.05) is 5.73 Å². The van der Waals surface area contributed by atoms with Crippen molar-refractivity contribution in [3.63, 3.8) is 0 Å². The Morgan fingerprint density at radius 1 is 0.885 bits per heavy atom. The van der Waals surface area contributed by atoms with Crippen molar-refractivity contribution in [2.45, 2.75) is 20.3 Å². The standard InChI is InChI=1S/C23H20N2O/c1-14-11-16(24)12-15(2)19(14)13-22(26)23-17-7-3-5-9-20(17)25-21-10-6-4-8-18(21)23/h3-12H,13,24H2,1-2H3. The summed E-state index contributed by atoms with van der Waals surface area (Å²) in [5, 5.41) is 1.81. The quantitative estimate of drug-likeness (QED) is 0.324. The van der Waals surface area contributed by atoms with E-state index in [0.29, 0.717) is 6.42 Å². The Morgan fingerprint density at radius 3 is 1.92 bits per heavy atom. The lowest BCUT2D eigenvalue weighted by atomic mass is 9.92. The Labute approximate surface area is 152 Å². The number of nitrogen functional groups attached to an aromatic ring is 1. The lowest BCUT2D eigenvalue weighted by molar-refractivity contribution is 0.0995. The molecule has 0 aliphatic carbocycles. The first-order chi connectivity index (χ1) is 12.5. The lowest BCUT2D eigenvalue weighted by Gasteiger charge is -2.13. The molecular weight excluding hydrogens is 320 g/mol. The summed E-state index contributed by atoms with van der Waals surface area (Å²) >= 11 is 0. The van der Waals surface area contributed by atoms with Gasteiger partial charge in [0.1, 0.15) is 0 Å². The molecule has 0 fully saturated rings. The molecule has 4 aromatic rings. The molecule has 0 radical (unpaired) electrons. The number of carbonyl (C=O) groups excluding carboxylic acids is 1. The molecule has 3 aromatic carbocycles. The van der Waals surface area contributed by atoms with Gasteiger partial charge in [-0.2, -0.15) is 0 Å². The van der Waals surface area contributed by atoms with Crippen LogP contribution >= 0.6 is 0 Å². The summed E-state index contributed by atoms with van der Waals surface area (Å²) < 4.78 is 0. The van der Waals surface area contributed by atoms with Crippen LogP contribution in [0.25, 0.3) is 21.8 Å². The number of aryl methyl sites for hydroxylation is 2. The number of aromatic nitrogens is 1. The third kappa shape index (κ3) is 2.72. The molecule has 0 aliphatic heterocycles. The fourth-order valence-corrected chi connectivity index (χ4v) is 3.70. The Hall–Kier alpha value is -3.20. The van der Waals surface area contributed by atoms with Crippen LogP contribution in [0.3, 0.4) is 0 Å². The average Bonchev–Trinajstić information content (AvgIpc) is 2.62. The van der Waals surface area contributed by atoms with Crippen LogP contribution < -0.4 is 5.73 Å². The van der Waals surface area contributed by atoms with Gasteiger partial charge in [-0.15, -0.1) is 0 Å². The zero-order valence-electron chi connectivity index (χ0n) is 14.9. The zero-order chi connectivity index (χ0) is 18.3. The second kappa shape index (κ2) is 6.26. The first-order valence-corrected chi connectivity index (χ1v) is 8.71. The minimum absolute atomic E-state index is 0.107. The summed E-state index contributed by atoms with van der Waals surface area (Å²) in [6.45, 7) is 4.02. The molecule has 3 heteroatoms. The highest BCUT2D eigenvalue weighted by atomic mass is 16.1. The molecule has 0 spiro atoms. The number of benzene rings is 3. The zero-order valence-corrected chi connectivity index (χ0v) is 14.9. The molecule has 0 saturated carbocycles. The van der Waals surface area contributed by atoms with Crippen molar-refractivity contribution in [3.05, 3.63) is 82.9 Å². The first kappa shape index (κ1) is 16.3. The Kier molecular flexibility index (Phi) is 3.92. The van der Waals surface area contributed by atoms with Gasteiger partial charge in [-0.3, -0.25) is 4.79 Å².